The topological polar surface area (TPSA) is 80.7 Å². The zero-order valence-electron chi connectivity index (χ0n) is 22.6. The molecule has 6 aliphatic rings. The summed E-state index contributed by atoms with van der Waals surface area (Å²) in [6.45, 7) is 9.35. The van der Waals surface area contributed by atoms with E-state index in [9.17, 15) is 19.5 Å². The van der Waals surface area contributed by atoms with E-state index >= 15 is 0 Å². The summed E-state index contributed by atoms with van der Waals surface area (Å²) in [5.74, 6) is 0.716. The van der Waals surface area contributed by atoms with E-state index in [1.54, 1.807) is 0 Å². The fraction of sp³-hybridized carbons (Fsp3) is 0.839. The number of esters is 1. The number of hydrogen-bond donors (Lipinski definition) is 1. The summed E-state index contributed by atoms with van der Waals surface area (Å²) in [5, 5.41) is 9.78. The van der Waals surface area contributed by atoms with Crippen molar-refractivity contribution in [3.05, 3.63) is 11.6 Å². The van der Waals surface area contributed by atoms with E-state index in [4.69, 9.17) is 4.74 Å². The van der Waals surface area contributed by atoms with Gasteiger partial charge < -0.3 is 9.84 Å². The van der Waals surface area contributed by atoms with E-state index in [1.165, 1.54) is 5.57 Å². The lowest BCUT2D eigenvalue weighted by Gasteiger charge is -2.65. The molecule has 0 aromatic heterocycles. The van der Waals surface area contributed by atoms with Crippen LogP contribution in [0.1, 0.15) is 98.3 Å². The highest BCUT2D eigenvalue weighted by Gasteiger charge is 2.65. The number of hydrogen-bond acceptors (Lipinski definition) is 4. The fourth-order valence-electron chi connectivity index (χ4n) is 10.3. The van der Waals surface area contributed by atoms with Gasteiger partial charge in [-0.3, -0.25) is 14.4 Å². The molecular weight excluding hydrogens is 452 g/mol. The van der Waals surface area contributed by atoms with Gasteiger partial charge in [-0.1, -0.05) is 33.3 Å². The maximum atomic E-state index is 14.1. The average molecular weight is 497 g/mol. The van der Waals surface area contributed by atoms with Gasteiger partial charge in [0.1, 0.15) is 6.10 Å². The Morgan fingerprint density at radius 1 is 0.889 bits per heavy atom. The first-order valence-corrected chi connectivity index (χ1v) is 14.7. The average Bonchev–Trinajstić information content (AvgIpc) is 3.65. The highest BCUT2D eigenvalue weighted by atomic mass is 16.5. The third kappa shape index (κ3) is 3.50. The maximum absolute atomic E-state index is 14.1. The largest absolute Gasteiger partial charge is 0.481 e. The van der Waals surface area contributed by atoms with E-state index in [0.29, 0.717) is 24.0 Å². The third-order valence-corrected chi connectivity index (χ3v) is 12.5. The van der Waals surface area contributed by atoms with Crippen molar-refractivity contribution < 1.29 is 24.2 Å². The van der Waals surface area contributed by atoms with Crippen molar-refractivity contribution in [1.29, 1.82) is 0 Å². The lowest BCUT2D eigenvalue weighted by Crippen LogP contribution is -2.62. The van der Waals surface area contributed by atoms with Gasteiger partial charge in [0.15, 0.2) is 5.78 Å². The monoisotopic (exact) mass is 496 g/mol. The molecule has 0 amide bonds. The number of fused-ring (bicyclic) bond motifs is 7. The summed E-state index contributed by atoms with van der Waals surface area (Å²) in [5.41, 5.74) is 1.27. The van der Waals surface area contributed by atoms with Gasteiger partial charge in [-0.15, -0.1) is 0 Å². The molecule has 5 saturated carbocycles. The molecule has 1 N–H and O–H groups in total. The molecule has 0 saturated heterocycles. The molecular formula is C31H44O5. The molecule has 0 aliphatic heterocycles. The molecule has 198 valence electrons. The standard InChI is InChI=1S/C31H44O5/c1-17-21-9-13-31(4)22-8-12-29(2)11-7-19(27(33)34)15-23(29)20(22)16-24(32)26(31)30(21,3)14-10-25(17)36-28(35)18-5-6-18/h16-19,21-23,25-26H,5-15H2,1-4H3,(H,33,34). The van der Waals surface area contributed by atoms with Crippen molar-refractivity contribution >= 4 is 17.7 Å². The number of carboxylic acids is 1. The Morgan fingerprint density at radius 2 is 1.58 bits per heavy atom. The van der Waals surface area contributed by atoms with Crippen LogP contribution in [0.2, 0.25) is 0 Å². The Bertz CT molecular complexity index is 1010. The Kier molecular flexibility index (Phi) is 5.60. The minimum atomic E-state index is -0.674. The number of ether oxygens (including phenoxy) is 1. The van der Waals surface area contributed by atoms with Gasteiger partial charge in [-0.2, -0.15) is 0 Å². The normalized spacial score (nSPS) is 50.1. The van der Waals surface area contributed by atoms with Crippen molar-refractivity contribution in [2.45, 2.75) is 104 Å². The van der Waals surface area contributed by atoms with Gasteiger partial charge >= 0.3 is 11.9 Å². The molecule has 0 aromatic rings. The molecule has 0 radical (unpaired) electrons. The number of rotatable bonds is 3. The van der Waals surface area contributed by atoms with Gasteiger partial charge in [0.05, 0.1) is 11.8 Å². The van der Waals surface area contributed by atoms with Crippen LogP contribution in [-0.2, 0) is 19.1 Å². The molecule has 6 aliphatic carbocycles. The predicted octanol–water partition coefficient (Wildman–Crippen LogP) is 6.20. The van der Waals surface area contributed by atoms with Crippen molar-refractivity contribution in [2.75, 3.05) is 0 Å². The van der Waals surface area contributed by atoms with Crippen molar-refractivity contribution in [1.82, 2.24) is 0 Å². The fourth-order valence-corrected chi connectivity index (χ4v) is 10.3. The van der Waals surface area contributed by atoms with Gasteiger partial charge in [0, 0.05) is 5.92 Å². The summed E-state index contributed by atoms with van der Waals surface area (Å²) in [6.07, 6.45) is 12.5. The van der Waals surface area contributed by atoms with Crippen LogP contribution in [-0.4, -0.2) is 28.9 Å². The molecule has 6 rings (SSSR count). The molecule has 0 bridgehead atoms. The number of allylic oxidation sites excluding steroid dienone is 2. The Hall–Kier alpha value is -1.65. The highest BCUT2D eigenvalue weighted by Crippen LogP contribution is 2.69. The van der Waals surface area contributed by atoms with Gasteiger partial charge in [0.2, 0.25) is 0 Å². The number of carbonyl (C=O) groups excluding carboxylic acids is 2. The molecule has 5 heteroatoms. The number of aliphatic carboxylic acids is 1. The van der Waals surface area contributed by atoms with Crippen LogP contribution in [0.3, 0.4) is 0 Å². The van der Waals surface area contributed by atoms with Gasteiger partial charge in [0.25, 0.3) is 0 Å². The molecule has 0 heterocycles. The van der Waals surface area contributed by atoms with E-state index in [0.717, 1.165) is 64.2 Å². The predicted molar refractivity (Wildman–Crippen MR) is 136 cm³/mol. The second kappa shape index (κ2) is 8.17. The van der Waals surface area contributed by atoms with Crippen LogP contribution < -0.4 is 0 Å². The second-order valence-electron chi connectivity index (χ2n) is 14.4. The summed E-state index contributed by atoms with van der Waals surface area (Å²) in [6, 6.07) is 0. The molecule has 5 fully saturated rings. The minimum Gasteiger partial charge on any atom is -0.481 e. The first-order chi connectivity index (χ1) is 17.0. The first-order valence-electron chi connectivity index (χ1n) is 14.7. The maximum Gasteiger partial charge on any atom is 0.309 e. The molecule has 0 aromatic carbocycles. The summed E-state index contributed by atoms with van der Waals surface area (Å²) in [7, 11) is 0. The third-order valence-electron chi connectivity index (χ3n) is 12.5. The first kappa shape index (κ1) is 24.7. The summed E-state index contributed by atoms with van der Waals surface area (Å²) < 4.78 is 6.01. The highest BCUT2D eigenvalue weighted by molar-refractivity contribution is 5.95. The van der Waals surface area contributed by atoms with Crippen molar-refractivity contribution in [2.24, 2.45) is 57.7 Å². The van der Waals surface area contributed by atoms with E-state index in [1.807, 2.05) is 6.08 Å². The lowest BCUT2D eigenvalue weighted by atomic mass is 9.38. The van der Waals surface area contributed by atoms with Crippen LogP contribution in [0.5, 0.6) is 0 Å². The number of ketones is 1. The lowest BCUT2D eigenvalue weighted by molar-refractivity contribution is -0.182. The Labute approximate surface area is 215 Å². The van der Waals surface area contributed by atoms with E-state index in [-0.39, 0.29) is 57.9 Å². The second-order valence-corrected chi connectivity index (χ2v) is 14.4. The van der Waals surface area contributed by atoms with Gasteiger partial charge in [-0.05, 0) is 117 Å². The molecule has 0 spiro atoms. The zero-order chi connectivity index (χ0) is 25.6. The molecule has 5 nitrogen and oxygen atoms in total. The van der Waals surface area contributed by atoms with Crippen LogP contribution in [0, 0.1) is 57.7 Å². The van der Waals surface area contributed by atoms with Crippen LogP contribution in [0.4, 0.5) is 0 Å². The van der Waals surface area contributed by atoms with Crippen LogP contribution in [0.15, 0.2) is 11.6 Å². The summed E-state index contributed by atoms with van der Waals surface area (Å²) >= 11 is 0. The molecule has 36 heavy (non-hydrogen) atoms. The summed E-state index contributed by atoms with van der Waals surface area (Å²) in [4.78, 5) is 38.5. The minimum absolute atomic E-state index is 0.00301. The van der Waals surface area contributed by atoms with Gasteiger partial charge in [-0.25, -0.2) is 0 Å². The molecule has 10 unspecified atom stereocenters. The van der Waals surface area contributed by atoms with Crippen LogP contribution >= 0.6 is 0 Å². The quantitative estimate of drug-likeness (QED) is 0.470. The van der Waals surface area contributed by atoms with E-state index in [2.05, 4.69) is 27.7 Å². The Morgan fingerprint density at radius 3 is 2.28 bits per heavy atom. The van der Waals surface area contributed by atoms with E-state index < -0.39 is 5.97 Å². The SMILES string of the molecule is CC1C(OC(=O)C2CC2)CCC2(C)C1CCC1(C)C3CCC4(C)CCC(C(=O)O)CC4C3=CC(=O)C12. The number of carboxylic acid groups (broad SMARTS) is 1. The molecule has 10 atom stereocenters. The number of carbonyl (C=O) groups is 3. The van der Waals surface area contributed by atoms with Crippen LogP contribution in [0.25, 0.3) is 0 Å². The smallest absolute Gasteiger partial charge is 0.309 e. The zero-order valence-corrected chi connectivity index (χ0v) is 22.6. The van der Waals surface area contributed by atoms with Crippen molar-refractivity contribution in [3.63, 3.8) is 0 Å². The van der Waals surface area contributed by atoms with Crippen molar-refractivity contribution in [3.8, 4) is 0 Å². The Balaban J connectivity index is 1.30.